The fourth-order valence-electron chi connectivity index (χ4n) is 2.06. The predicted molar refractivity (Wildman–Crippen MR) is 69.6 cm³/mol. The zero-order valence-electron chi connectivity index (χ0n) is 11.0. The molecule has 1 fully saturated rings. The van der Waals surface area contributed by atoms with Crippen molar-refractivity contribution >= 4 is 6.09 Å². The molecule has 1 N–H and O–H groups in total. The van der Waals surface area contributed by atoms with Crippen LogP contribution in [0.1, 0.15) is 12.0 Å². The van der Waals surface area contributed by atoms with Crippen LogP contribution in [0.15, 0.2) is 30.3 Å². The van der Waals surface area contributed by atoms with Gasteiger partial charge >= 0.3 is 6.09 Å². The first-order chi connectivity index (χ1) is 9.09. The van der Waals surface area contributed by atoms with Crippen LogP contribution in [0.2, 0.25) is 0 Å². The Morgan fingerprint density at radius 1 is 1.47 bits per heavy atom. The Balaban J connectivity index is 1.79. The molecule has 5 heteroatoms. The number of likely N-dealkylation sites (N-methyl/N-ethyl adjacent to an activating group) is 1. The van der Waals surface area contributed by atoms with Gasteiger partial charge in [0.25, 0.3) is 0 Å². The first kappa shape index (κ1) is 13.8. The quantitative estimate of drug-likeness (QED) is 0.894. The lowest BCUT2D eigenvalue weighted by molar-refractivity contribution is -0.00115. The second kappa shape index (κ2) is 6.04. The summed E-state index contributed by atoms with van der Waals surface area (Å²) in [7, 11) is 1.61. The fraction of sp³-hybridized carbons (Fsp3) is 0.500. The molecule has 1 saturated heterocycles. The molecule has 104 valence electrons. The summed E-state index contributed by atoms with van der Waals surface area (Å²) in [6, 6.07) is 9.49. The standard InChI is InChI=1S/C14H19NO4/c1-15(10-14(17)7-8-18-11-14)13(16)19-9-12-5-3-2-4-6-12/h2-6,17H,7-11H2,1H3. The summed E-state index contributed by atoms with van der Waals surface area (Å²) in [4.78, 5) is 13.2. The average molecular weight is 265 g/mol. The maximum absolute atomic E-state index is 11.8. The monoisotopic (exact) mass is 265 g/mol. The van der Waals surface area contributed by atoms with Gasteiger partial charge in [-0.15, -0.1) is 0 Å². The normalized spacial score (nSPS) is 22.2. The number of carbonyl (C=O) groups is 1. The van der Waals surface area contributed by atoms with Gasteiger partial charge in [-0.2, -0.15) is 0 Å². The summed E-state index contributed by atoms with van der Waals surface area (Å²) in [5, 5.41) is 10.1. The van der Waals surface area contributed by atoms with Gasteiger partial charge in [0.1, 0.15) is 12.2 Å². The van der Waals surface area contributed by atoms with Crippen LogP contribution in [0.5, 0.6) is 0 Å². The third kappa shape index (κ3) is 3.94. The molecular formula is C14H19NO4. The molecule has 5 nitrogen and oxygen atoms in total. The van der Waals surface area contributed by atoms with Gasteiger partial charge in [0, 0.05) is 20.1 Å². The zero-order chi connectivity index (χ0) is 13.7. The molecule has 19 heavy (non-hydrogen) atoms. The van der Waals surface area contributed by atoms with Crippen LogP contribution in [0, 0.1) is 0 Å². The number of benzene rings is 1. The summed E-state index contributed by atoms with van der Waals surface area (Å²) in [6.07, 6.45) is 0.104. The average Bonchev–Trinajstić information content (AvgIpc) is 2.83. The minimum absolute atomic E-state index is 0.223. The lowest BCUT2D eigenvalue weighted by atomic mass is 10.0. The lowest BCUT2D eigenvalue weighted by Gasteiger charge is -2.26. The molecule has 1 atom stereocenters. The van der Waals surface area contributed by atoms with Crippen molar-refractivity contribution in [3.8, 4) is 0 Å². The van der Waals surface area contributed by atoms with Crippen LogP contribution in [-0.2, 0) is 16.1 Å². The Hall–Kier alpha value is -1.59. The van der Waals surface area contributed by atoms with E-state index >= 15 is 0 Å². The van der Waals surface area contributed by atoms with Crippen molar-refractivity contribution in [3.05, 3.63) is 35.9 Å². The van der Waals surface area contributed by atoms with Gasteiger partial charge < -0.3 is 19.5 Å². The third-order valence-corrected chi connectivity index (χ3v) is 3.13. The van der Waals surface area contributed by atoms with Crippen molar-refractivity contribution in [2.75, 3.05) is 26.8 Å². The summed E-state index contributed by atoms with van der Waals surface area (Å²) in [6.45, 7) is 1.26. The lowest BCUT2D eigenvalue weighted by Crippen LogP contribution is -2.44. The van der Waals surface area contributed by atoms with E-state index in [0.717, 1.165) is 5.56 Å². The molecule has 0 radical (unpaired) electrons. The largest absolute Gasteiger partial charge is 0.445 e. The highest BCUT2D eigenvalue weighted by atomic mass is 16.6. The van der Waals surface area contributed by atoms with E-state index < -0.39 is 11.7 Å². The van der Waals surface area contributed by atoms with Gasteiger partial charge in [-0.25, -0.2) is 4.79 Å². The highest BCUT2D eigenvalue weighted by Gasteiger charge is 2.34. The van der Waals surface area contributed by atoms with Crippen LogP contribution in [0.25, 0.3) is 0 Å². The van der Waals surface area contributed by atoms with Crippen molar-refractivity contribution in [3.63, 3.8) is 0 Å². The van der Waals surface area contributed by atoms with E-state index in [1.165, 1.54) is 4.90 Å². The van der Waals surface area contributed by atoms with Gasteiger partial charge in [0.2, 0.25) is 0 Å². The number of aliphatic hydroxyl groups is 1. The molecule has 1 aliphatic rings. The van der Waals surface area contributed by atoms with E-state index in [4.69, 9.17) is 9.47 Å². The smallest absolute Gasteiger partial charge is 0.409 e. The van der Waals surface area contributed by atoms with Crippen LogP contribution in [-0.4, -0.2) is 48.5 Å². The van der Waals surface area contributed by atoms with Crippen LogP contribution >= 0.6 is 0 Å². The number of rotatable bonds is 4. The van der Waals surface area contributed by atoms with Gasteiger partial charge in [-0.3, -0.25) is 0 Å². The Bertz CT molecular complexity index is 415. The summed E-state index contributed by atoms with van der Waals surface area (Å²) >= 11 is 0. The molecule has 0 bridgehead atoms. The van der Waals surface area contributed by atoms with E-state index in [-0.39, 0.29) is 19.8 Å². The number of hydrogen-bond donors (Lipinski definition) is 1. The van der Waals surface area contributed by atoms with Crippen LogP contribution in [0.4, 0.5) is 4.79 Å². The topological polar surface area (TPSA) is 59.0 Å². The Morgan fingerprint density at radius 3 is 2.84 bits per heavy atom. The fourth-order valence-corrected chi connectivity index (χ4v) is 2.06. The van der Waals surface area contributed by atoms with Gasteiger partial charge in [0.05, 0.1) is 13.2 Å². The van der Waals surface area contributed by atoms with E-state index in [0.29, 0.717) is 13.0 Å². The highest BCUT2D eigenvalue weighted by Crippen LogP contribution is 2.19. The van der Waals surface area contributed by atoms with E-state index in [1.54, 1.807) is 7.05 Å². The molecule has 0 aromatic heterocycles. The van der Waals surface area contributed by atoms with E-state index in [2.05, 4.69) is 0 Å². The molecule has 1 aliphatic heterocycles. The van der Waals surface area contributed by atoms with Gasteiger partial charge in [-0.05, 0) is 5.56 Å². The Morgan fingerprint density at radius 2 is 2.21 bits per heavy atom. The SMILES string of the molecule is CN(CC1(O)CCOC1)C(=O)OCc1ccccc1. The molecule has 1 unspecified atom stereocenters. The van der Waals surface area contributed by atoms with E-state index in [1.807, 2.05) is 30.3 Å². The molecule has 1 aromatic carbocycles. The van der Waals surface area contributed by atoms with E-state index in [9.17, 15) is 9.90 Å². The van der Waals surface area contributed by atoms with Crippen molar-refractivity contribution in [1.82, 2.24) is 4.90 Å². The Labute approximate surface area is 112 Å². The second-order valence-corrected chi connectivity index (χ2v) is 4.92. The molecule has 1 heterocycles. The van der Waals surface area contributed by atoms with Crippen molar-refractivity contribution in [2.24, 2.45) is 0 Å². The number of carbonyl (C=O) groups excluding carboxylic acids is 1. The van der Waals surface area contributed by atoms with Crippen LogP contribution in [0.3, 0.4) is 0 Å². The number of amides is 1. The van der Waals surface area contributed by atoms with Crippen molar-refractivity contribution in [2.45, 2.75) is 18.6 Å². The van der Waals surface area contributed by atoms with Crippen LogP contribution < -0.4 is 0 Å². The molecular weight excluding hydrogens is 246 g/mol. The maximum atomic E-state index is 11.8. The highest BCUT2D eigenvalue weighted by molar-refractivity contribution is 5.67. The zero-order valence-corrected chi connectivity index (χ0v) is 11.0. The molecule has 0 aliphatic carbocycles. The first-order valence-electron chi connectivity index (χ1n) is 6.31. The van der Waals surface area contributed by atoms with Gasteiger partial charge in [-0.1, -0.05) is 30.3 Å². The first-order valence-corrected chi connectivity index (χ1v) is 6.31. The maximum Gasteiger partial charge on any atom is 0.409 e. The van der Waals surface area contributed by atoms with Crippen molar-refractivity contribution in [1.29, 1.82) is 0 Å². The summed E-state index contributed by atoms with van der Waals surface area (Å²) in [5.74, 6) is 0. The molecule has 1 aromatic rings. The molecule has 0 saturated carbocycles. The Kier molecular flexibility index (Phi) is 4.39. The number of hydrogen-bond acceptors (Lipinski definition) is 4. The minimum atomic E-state index is -0.944. The number of ether oxygens (including phenoxy) is 2. The summed E-state index contributed by atoms with van der Waals surface area (Å²) < 4.78 is 10.3. The molecule has 0 spiro atoms. The predicted octanol–water partition coefficient (Wildman–Crippen LogP) is 1.41. The molecule has 2 rings (SSSR count). The minimum Gasteiger partial charge on any atom is -0.445 e. The second-order valence-electron chi connectivity index (χ2n) is 4.92. The number of nitrogens with zero attached hydrogens (tertiary/aromatic N) is 1. The molecule has 1 amide bonds. The summed E-state index contributed by atoms with van der Waals surface area (Å²) in [5.41, 5.74) is -0.00675. The van der Waals surface area contributed by atoms with Crippen molar-refractivity contribution < 1.29 is 19.4 Å². The third-order valence-electron chi connectivity index (χ3n) is 3.13. The van der Waals surface area contributed by atoms with Gasteiger partial charge in [0.15, 0.2) is 0 Å².